The van der Waals surface area contributed by atoms with E-state index in [1.807, 2.05) is 6.20 Å². The molecular formula is C36H38BF2N5O6. The largest absolute Gasteiger partial charge is 0.737 e. The lowest BCUT2D eigenvalue weighted by atomic mass is 9.82. The molecule has 5 heterocycles. The summed E-state index contributed by atoms with van der Waals surface area (Å²) in [5.74, 6) is 0.886. The molecule has 1 aliphatic carbocycles. The van der Waals surface area contributed by atoms with Gasteiger partial charge in [0.2, 0.25) is 0 Å². The second-order valence-corrected chi connectivity index (χ2v) is 13.3. The van der Waals surface area contributed by atoms with Crippen molar-refractivity contribution < 1.29 is 42.6 Å². The summed E-state index contributed by atoms with van der Waals surface area (Å²) in [6.07, 6.45) is 3.73. The number of epoxide rings is 1. The standard InChI is InChI=1S/C36H38BF2N5O6/c1-48-24-11-7-21(8-12-24)28-15-17-30-26(31-18-16-29(44(31)37(38,39)43(28)30)22-9-13-25(49-2)14-10-22)6-4-3-5-23-19-42(41-40-23)20-27-32(45)33(46)34(47)36-35(27)50-36/h7-19,27,32-36,45-47H,3-6,20H2,1-2H3/t27-,32-,33+,34-,35-,36+/m1/s1. The number of hydrogen-bond acceptors (Lipinski definition) is 8. The number of aromatic nitrogens is 4. The van der Waals surface area contributed by atoms with Crippen molar-refractivity contribution >= 4 is 18.3 Å². The van der Waals surface area contributed by atoms with Crippen molar-refractivity contribution in [2.45, 2.75) is 62.7 Å². The van der Waals surface area contributed by atoms with Crippen LogP contribution in [0.15, 0.2) is 84.7 Å². The lowest BCUT2D eigenvalue weighted by Crippen LogP contribution is -2.52. The Morgan fingerprint density at radius 2 is 1.46 bits per heavy atom. The molecule has 4 aromatic rings. The number of methoxy groups -OCH3 is 2. The Balaban J connectivity index is 1.05. The molecule has 1 saturated carbocycles. The fourth-order valence-corrected chi connectivity index (χ4v) is 7.73. The van der Waals surface area contributed by atoms with E-state index in [-0.39, 0.29) is 6.10 Å². The molecule has 0 unspecified atom stereocenters. The molecular weight excluding hydrogens is 647 g/mol. The van der Waals surface area contributed by atoms with E-state index in [1.54, 1.807) is 91.7 Å². The van der Waals surface area contributed by atoms with Crippen LogP contribution in [0.4, 0.5) is 8.63 Å². The number of fused-ring (bicyclic) bond motifs is 3. The Hall–Kier alpha value is -4.63. The van der Waals surface area contributed by atoms with Crippen LogP contribution in [0.25, 0.3) is 16.8 Å². The topological polar surface area (TPSA) is 130 Å². The van der Waals surface area contributed by atoms with Crippen LogP contribution in [-0.2, 0) is 17.7 Å². The molecule has 0 radical (unpaired) electrons. The first-order valence-electron chi connectivity index (χ1n) is 16.9. The van der Waals surface area contributed by atoms with Crippen LogP contribution < -0.4 is 9.47 Å². The number of hydrogen-bond donors (Lipinski definition) is 3. The summed E-state index contributed by atoms with van der Waals surface area (Å²) >= 11 is 0. The fraction of sp³-hybridized carbons (Fsp3) is 0.361. The third-order valence-electron chi connectivity index (χ3n) is 10.4. The van der Waals surface area contributed by atoms with Crippen LogP contribution in [0.3, 0.4) is 0 Å². The quantitative estimate of drug-likeness (QED) is 0.124. The molecule has 8 rings (SSSR count). The number of ether oxygens (including phenoxy) is 3. The van der Waals surface area contributed by atoms with Crippen LogP contribution in [0.5, 0.6) is 11.5 Å². The zero-order chi connectivity index (χ0) is 34.7. The van der Waals surface area contributed by atoms with Crippen LogP contribution in [0, 0.1) is 5.92 Å². The van der Waals surface area contributed by atoms with Crippen LogP contribution in [0.1, 0.15) is 36.2 Å². The fourth-order valence-electron chi connectivity index (χ4n) is 7.73. The van der Waals surface area contributed by atoms with Crippen LogP contribution in [-0.4, -0.2) is 96.7 Å². The number of halogens is 2. The maximum atomic E-state index is 16.9. The van der Waals surface area contributed by atoms with E-state index in [2.05, 4.69) is 10.3 Å². The average Bonchev–Trinajstić information content (AvgIpc) is 3.43. The molecule has 14 heteroatoms. The normalized spacial score (nSPS) is 26.1. The molecule has 260 valence electrons. The second-order valence-electron chi connectivity index (χ2n) is 13.3. The summed E-state index contributed by atoms with van der Waals surface area (Å²) in [5, 5.41) is 39.2. The van der Waals surface area contributed by atoms with Crippen molar-refractivity contribution in [3.8, 4) is 22.8 Å². The Bertz CT molecular complexity index is 2010. The molecule has 0 amide bonds. The van der Waals surface area contributed by atoms with Gasteiger partial charge in [0.15, 0.2) is 11.4 Å². The van der Waals surface area contributed by atoms with Gasteiger partial charge in [0, 0.05) is 46.8 Å². The highest BCUT2D eigenvalue weighted by Gasteiger charge is 2.60. The van der Waals surface area contributed by atoms with Gasteiger partial charge in [-0.1, -0.05) is 5.21 Å². The first kappa shape index (κ1) is 32.6. The Morgan fingerprint density at radius 3 is 2.16 bits per heavy atom. The zero-order valence-corrected chi connectivity index (χ0v) is 27.6. The number of aryl methyl sites for hydroxylation is 1. The first-order chi connectivity index (χ1) is 24.2. The van der Waals surface area contributed by atoms with Crippen LogP contribution in [0.2, 0.25) is 0 Å². The third-order valence-corrected chi connectivity index (χ3v) is 10.4. The second kappa shape index (κ2) is 12.6. The van der Waals surface area contributed by atoms with Crippen molar-refractivity contribution in [1.82, 2.24) is 19.5 Å². The number of rotatable bonds is 11. The minimum atomic E-state index is -4.27. The van der Waals surface area contributed by atoms with Crippen molar-refractivity contribution in [3.63, 3.8) is 0 Å². The van der Waals surface area contributed by atoms with Gasteiger partial charge in [-0.3, -0.25) is 4.68 Å². The summed E-state index contributed by atoms with van der Waals surface area (Å²) in [4.78, 5) is 0. The molecule has 0 spiro atoms. The van der Waals surface area contributed by atoms with Gasteiger partial charge in [0.25, 0.3) is 0 Å². The molecule has 3 N–H and O–H groups in total. The van der Waals surface area contributed by atoms with Crippen molar-refractivity contribution in [1.29, 1.82) is 0 Å². The number of allylic oxidation sites excluding steroid dienone is 3. The average molecular weight is 686 g/mol. The van der Waals surface area contributed by atoms with E-state index in [0.29, 0.717) is 64.8 Å². The van der Waals surface area contributed by atoms with Gasteiger partial charge in [0.05, 0.1) is 38.7 Å². The molecule has 4 aliphatic rings. The van der Waals surface area contributed by atoms with Gasteiger partial charge < -0.3 is 47.1 Å². The SMILES string of the molecule is COc1ccc(C2=[N+]3C(=C(CCCCc4cn(C[C@@H]5[C@@H](O)[C@H](O)[C@@H](O)[C@@H]6O[C@H]56)nn4)c4ccc(-c5ccc(OC)cc5)n4[B-]3(F)F)C=C2)cc1. The molecule has 11 nitrogen and oxygen atoms in total. The van der Waals surface area contributed by atoms with Crippen molar-refractivity contribution in [3.05, 3.63) is 102 Å². The van der Waals surface area contributed by atoms with Crippen molar-refractivity contribution in [2.24, 2.45) is 5.92 Å². The van der Waals surface area contributed by atoms with E-state index in [0.717, 1.165) is 24.1 Å². The molecule has 2 fully saturated rings. The number of nitrogens with zero attached hydrogens (tertiary/aromatic N) is 5. The number of benzene rings is 2. The predicted molar refractivity (Wildman–Crippen MR) is 181 cm³/mol. The monoisotopic (exact) mass is 685 g/mol. The highest BCUT2D eigenvalue weighted by Crippen LogP contribution is 2.43. The number of unbranched alkanes of at least 4 members (excludes halogenated alkanes) is 1. The van der Waals surface area contributed by atoms with Gasteiger partial charge in [-0.05, 0) is 91.9 Å². The maximum absolute atomic E-state index is 16.9. The lowest BCUT2D eigenvalue weighted by Gasteiger charge is -2.33. The molecule has 1 saturated heterocycles. The molecule has 6 atom stereocenters. The number of aliphatic hydroxyl groups excluding tert-OH is 3. The summed E-state index contributed by atoms with van der Waals surface area (Å²) in [7, 11) is 3.14. The Kier molecular flexibility index (Phi) is 8.21. The molecule has 2 aromatic heterocycles. The van der Waals surface area contributed by atoms with Gasteiger partial charge in [0.1, 0.15) is 29.8 Å². The highest BCUT2D eigenvalue weighted by atomic mass is 19.2. The van der Waals surface area contributed by atoms with Crippen LogP contribution >= 0.6 is 0 Å². The zero-order valence-electron chi connectivity index (χ0n) is 27.6. The summed E-state index contributed by atoms with van der Waals surface area (Å²) in [6, 6.07) is 17.8. The molecule has 0 bridgehead atoms. The molecule has 2 aromatic carbocycles. The van der Waals surface area contributed by atoms with E-state index in [9.17, 15) is 15.3 Å². The van der Waals surface area contributed by atoms with E-state index < -0.39 is 37.3 Å². The van der Waals surface area contributed by atoms with E-state index in [4.69, 9.17) is 14.2 Å². The van der Waals surface area contributed by atoms with Gasteiger partial charge in [-0.15, -0.1) is 5.10 Å². The summed E-state index contributed by atoms with van der Waals surface area (Å²) in [6.45, 7) is -3.97. The molecule has 50 heavy (non-hydrogen) atoms. The third kappa shape index (κ3) is 5.47. The minimum Gasteiger partial charge on any atom is -0.497 e. The van der Waals surface area contributed by atoms with E-state index >= 15 is 8.63 Å². The summed E-state index contributed by atoms with van der Waals surface area (Å²) in [5.41, 5.74) is 4.78. The highest BCUT2D eigenvalue weighted by molar-refractivity contribution is 6.59. The number of aliphatic hydroxyl groups is 3. The Morgan fingerprint density at radius 1 is 0.800 bits per heavy atom. The summed E-state index contributed by atoms with van der Waals surface area (Å²) < 4.78 is 54.0. The van der Waals surface area contributed by atoms with Gasteiger partial charge in [-0.2, -0.15) is 0 Å². The smallest absolute Gasteiger partial charge is 0.497 e. The predicted octanol–water partition coefficient (Wildman–Crippen LogP) is 3.68. The Labute approximate surface area is 287 Å². The maximum Gasteiger partial charge on any atom is 0.737 e. The van der Waals surface area contributed by atoms with Gasteiger partial charge >= 0.3 is 6.97 Å². The molecule has 3 aliphatic heterocycles. The first-order valence-corrected chi connectivity index (χ1v) is 16.9. The van der Waals surface area contributed by atoms with E-state index in [1.165, 1.54) is 8.96 Å². The van der Waals surface area contributed by atoms with Gasteiger partial charge in [-0.25, -0.2) is 0 Å². The minimum absolute atomic E-state index is 0.300. The van der Waals surface area contributed by atoms with Crippen molar-refractivity contribution in [2.75, 3.05) is 14.2 Å². The lowest BCUT2D eigenvalue weighted by molar-refractivity contribution is -0.361.